The number of fused-ring (bicyclic) bond motifs is 14. The third-order valence-corrected chi connectivity index (χ3v) is 10.4. The highest BCUT2D eigenvalue weighted by molar-refractivity contribution is 6.23. The van der Waals surface area contributed by atoms with Crippen LogP contribution in [0.2, 0.25) is 0 Å². The van der Waals surface area contributed by atoms with E-state index in [1.165, 1.54) is 53.0 Å². The number of anilines is 1. The van der Waals surface area contributed by atoms with Crippen molar-refractivity contribution in [3.8, 4) is 23.0 Å². The fraction of sp³-hybridized carbons (Fsp3) is 0.462. The van der Waals surface area contributed by atoms with E-state index < -0.39 is 106 Å². The molecule has 0 fully saturated rings. The van der Waals surface area contributed by atoms with Gasteiger partial charge in [0.25, 0.3) is 11.7 Å². The van der Waals surface area contributed by atoms with Crippen molar-refractivity contribution in [3.63, 3.8) is 0 Å². The van der Waals surface area contributed by atoms with Crippen LogP contribution in [-0.2, 0) is 23.8 Å². The van der Waals surface area contributed by atoms with Crippen molar-refractivity contribution in [1.82, 2.24) is 5.43 Å². The molecule has 9 unspecified atom stereocenters. The van der Waals surface area contributed by atoms with Gasteiger partial charge in [0.1, 0.15) is 23.4 Å². The number of primary amides is 1. The number of carbonyl (C=O) groups is 4. The van der Waals surface area contributed by atoms with Gasteiger partial charge in [-0.05, 0) is 19.9 Å². The second kappa shape index (κ2) is 17.0. The second-order valence-corrected chi connectivity index (χ2v) is 14.4. The molecule has 3 aliphatic heterocycles. The van der Waals surface area contributed by atoms with Crippen LogP contribution in [-0.4, -0.2) is 92.8 Å². The topological polar surface area (TPSA) is 269 Å². The smallest absolute Gasteiger partial charge is 0.332 e. The molecule has 17 nitrogen and oxygen atoms in total. The number of rotatable bonds is 4. The Bertz CT molecular complexity index is 2030. The number of Topliss-reactive ketones (excluding diaryl/α,β-unsaturated/α-hetero) is 1. The highest BCUT2D eigenvalue weighted by Gasteiger charge is 2.50. The Labute approximate surface area is 323 Å². The molecule has 3 heterocycles. The van der Waals surface area contributed by atoms with Crippen LogP contribution < -0.4 is 21.2 Å². The van der Waals surface area contributed by atoms with Crippen LogP contribution >= 0.6 is 0 Å². The molecule has 0 aromatic heterocycles. The highest BCUT2D eigenvalue weighted by atomic mass is 16.7. The van der Waals surface area contributed by atoms with Gasteiger partial charge in [-0.15, -0.1) is 0 Å². The Balaban J connectivity index is 1.98. The predicted octanol–water partition coefficient (Wildman–Crippen LogP) is 3.76. The molecule has 17 heteroatoms. The SMILES string of the molecule is COC1C=COC2(C)Oc3c(C)c(O)c4c(O)c(c(/C=N/NC(N)=O)c(O)c4c3C2=O)NC(=O)C(C)=CC=CC(C)C(O)C(C)C(O)C(C)C(OC(C)=O)C1C. The van der Waals surface area contributed by atoms with Crippen molar-refractivity contribution < 1.29 is 63.7 Å². The molecule has 9 atom stereocenters. The maximum Gasteiger partial charge on any atom is 0.332 e. The molecule has 0 saturated heterocycles. The fourth-order valence-corrected chi connectivity index (χ4v) is 7.03. The lowest BCUT2D eigenvalue weighted by Gasteiger charge is -2.38. The summed E-state index contributed by atoms with van der Waals surface area (Å²) in [5, 5.41) is 62.9. The van der Waals surface area contributed by atoms with Crippen LogP contribution in [0.5, 0.6) is 23.0 Å². The number of aliphatic hydroxyl groups excluding tert-OH is 2. The summed E-state index contributed by atoms with van der Waals surface area (Å²) >= 11 is 0. The summed E-state index contributed by atoms with van der Waals surface area (Å²) in [5.74, 6) is -9.24. The fourth-order valence-electron chi connectivity index (χ4n) is 7.03. The van der Waals surface area contributed by atoms with Gasteiger partial charge in [-0.2, -0.15) is 5.10 Å². The number of nitrogens with zero attached hydrogens (tertiary/aromatic N) is 1. The number of aromatic hydroxyl groups is 3. The maximum atomic E-state index is 14.2. The van der Waals surface area contributed by atoms with Gasteiger partial charge in [0.15, 0.2) is 5.75 Å². The number of aliphatic hydroxyl groups is 2. The van der Waals surface area contributed by atoms with E-state index in [9.17, 15) is 44.7 Å². The van der Waals surface area contributed by atoms with E-state index in [0.717, 1.165) is 12.5 Å². The first-order valence-corrected chi connectivity index (χ1v) is 17.8. The molecule has 3 aliphatic rings. The first kappa shape index (κ1) is 43.1. The molecule has 2 aromatic rings. The Kier molecular flexibility index (Phi) is 13.1. The number of nitrogens with one attached hydrogen (secondary N) is 2. The van der Waals surface area contributed by atoms with Gasteiger partial charge < -0.3 is 55.5 Å². The zero-order valence-electron chi connectivity index (χ0n) is 32.6. The minimum Gasteiger partial charge on any atom is -0.507 e. The number of methoxy groups -OCH3 is 1. The van der Waals surface area contributed by atoms with Crippen LogP contribution in [0.15, 0.2) is 41.2 Å². The van der Waals surface area contributed by atoms with Gasteiger partial charge >= 0.3 is 17.8 Å². The summed E-state index contributed by atoms with van der Waals surface area (Å²) in [6.07, 6.45) is 4.02. The molecule has 3 amide bonds. The van der Waals surface area contributed by atoms with Crippen LogP contribution in [0.4, 0.5) is 10.5 Å². The number of allylic oxidation sites excluding steroid dienone is 2. The zero-order chi connectivity index (χ0) is 42.0. The van der Waals surface area contributed by atoms with Gasteiger partial charge in [0, 0.05) is 61.2 Å². The average Bonchev–Trinajstić information content (AvgIpc) is 3.41. The van der Waals surface area contributed by atoms with Crippen molar-refractivity contribution >= 4 is 46.4 Å². The number of amides is 3. The number of carbonyl (C=O) groups excluding carboxylic acids is 4. The molecular formula is C39H50N4O13. The molecule has 304 valence electrons. The van der Waals surface area contributed by atoms with Gasteiger partial charge in [-0.25, -0.2) is 10.2 Å². The summed E-state index contributed by atoms with van der Waals surface area (Å²) in [5.41, 5.74) is 6.04. The predicted molar refractivity (Wildman–Crippen MR) is 204 cm³/mol. The zero-order valence-corrected chi connectivity index (χ0v) is 32.6. The van der Waals surface area contributed by atoms with Crippen LogP contribution in [0.25, 0.3) is 10.8 Å². The largest absolute Gasteiger partial charge is 0.507 e. The van der Waals surface area contributed by atoms with E-state index in [-0.39, 0.29) is 33.4 Å². The van der Waals surface area contributed by atoms with Crippen LogP contribution in [0.1, 0.15) is 70.0 Å². The normalized spacial score (nSPS) is 28.9. The summed E-state index contributed by atoms with van der Waals surface area (Å²) in [6, 6.07) is -1.07. The van der Waals surface area contributed by atoms with E-state index in [1.54, 1.807) is 33.8 Å². The van der Waals surface area contributed by atoms with Crippen molar-refractivity contribution in [3.05, 3.63) is 52.8 Å². The lowest BCUT2D eigenvalue weighted by Crippen LogP contribution is -2.46. The number of phenols is 3. The number of ketones is 1. The molecule has 9 N–H and O–H groups in total. The first-order valence-electron chi connectivity index (χ1n) is 17.8. The third-order valence-electron chi connectivity index (χ3n) is 10.4. The summed E-state index contributed by atoms with van der Waals surface area (Å²) < 4.78 is 23.3. The number of benzene rings is 2. The second-order valence-electron chi connectivity index (χ2n) is 14.4. The van der Waals surface area contributed by atoms with Crippen LogP contribution in [0, 0.1) is 30.6 Å². The standard InChI is InChI=1S/C39H50N4O13/c1-16-11-10-12-17(2)37(51)42-28-23(15-41-43-38(40)52)32(48)25-26(33(28)49)31(47)21(6)35-27(25)36(50)39(8,56-35)54-14-13-24(53-9)18(3)34(55-22(7)44)20(5)30(46)19(4)29(16)45/h10-16,18-20,24,29-30,34,45-49H,1-9H3,(H,42,51)(H3,40,43,52)/b11-10?,14-13?,17-12?,41-15+. The summed E-state index contributed by atoms with van der Waals surface area (Å²) in [7, 11) is 1.40. The highest BCUT2D eigenvalue weighted by Crippen LogP contribution is 2.55. The minimum absolute atomic E-state index is 0.0154. The number of hydrogen-bond donors (Lipinski definition) is 8. The number of nitrogens with two attached hydrogens (primary N) is 1. The third kappa shape index (κ3) is 8.29. The number of ether oxygens (including phenoxy) is 4. The number of hydrogen-bond acceptors (Lipinski definition) is 14. The van der Waals surface area contributed by atoms with E-state index in [0.29, 0.717) is 0 Å². The molecule has 0 saturated carbocycles. The van der Waals surface area contributed by atoms with Gasteiger partial charge in [0.2, 0.25) is 0 Å². The van der Waals surface area contributed by atoms with Gasteiger partial charge in [-0.3, -0.25) is 14.4 Å². The van der Waals surface area contributed by atoms with Crippen molar-refractivity contribution in [2.75, 3.05) is 12.4 Å². The molecular weight excluding hydrogens is 732 g/mol. The molecule has 5 rings (SSSR count). The summed E-state index contributed by atoms with van der Waals surface area (Å²) in [4.78, 5) is 51.4. The monoisotopic (exact) mass is 782 g/mol. The van der Waals surface area contributed by atoms with Crippen molar-refractivity contribution in [2.45, 2.75) is 85.6 Å². The lowest BCUT2D eigenvalue weighted by molar-refractivity contribution is -0.160. The van der Waals surface area contributed by atoms with Gasteiger partial charge in [-0.1, -0.05) is 45.9 Å². The van der Waals surface area contributed by atoms with Crippen molar-refractivity contribution in [2.24, 2.45) is 34.5 Å². The van der Waals surface area contributed by atoms with E-state index in [2.05, 4.69) is 10.4 Å². The number of phenolic OH excluding ortho intramolecular Hbond substituents is 3. The molecule has 2 aromatic carbocycles. The lowest BCUT2D eigenvalue weighted by atomic mass is 9.78. The van der Waals surface area contributed by atoms with Crippen molar-refractivity contribution in [1.29, 1.82) is 0 Å². The quantitative estimate of drug-likeness (QED) is 0.0723. The number of urea groups is 1. The number of esters is 1. The summed E-state index contributed by atoms with van der Waals surface area (Å²) in [6.45, 7) is 12.2. The average molecular weight is 783 g/mol. The Morgan fingerprint density at radius 2 is 1.64 bits per heavy atom. The van der Waals surface area contributed by atoms with Crippen LogP contribution in [0.3, 0.4) is 0 Å². The molecule has 0 aliphatic carbocycles. The maximum absolute atomic E-state index is 14.2. The minimum atomic E-state index is -2.10. The van der Waals surface area contributed by atoms with E-state index in [4.69, 9.17) is 24.7 Å². The first-order chi connectivity index (χ1) is 26.2. The van der Waals surface area contributed by atoms with E-state index in [1.807, 2.05) is 5.43 Å². The Morgan fingerprint density at radius 3 is 2.25 bits per heavy atom. The Hall–Kier alpha value is -5.65. The molecule has 0 spiro atoms. The Morgan fingerprint density at radius 1 is 0.982 bits per heavy atom. The van der Waals surface area contributed by atoms with E-state index >= 15 is 0 Å². The van der Waals surface area contributed by atoms with Gasteiger partial charge in [0.05, 0.1) is 53.0 Å². The molecule has 56 heavy (non-hydrogen) atoms. The molecule has 5 bridgehead atoms. The molecule has 0 radical (unpaired) electrons. The number of hydrazone groups is 1.